The topological polar surface area (TPSA) is 55.4 Å². The zero-order valence-corrected chi connectivity index (χ0v) is 7.29. The van der Waals surface area contributed by atoms with Crippen LogP contribution in [-0.4, -0.2) is 24.5 Å². The van der Waals surface area contributed by atoms with Gasteiger partial charge in [-0.1, -0.05) is 0 Å². The van der Waals surface area contributed by atoms with Crippen LogP contribution in [0.5, 0.6) is 0 Å². The molecule has 0 aromatic rings. The molecule has 1 rings (SSSR count). The van der Waals surface area contributed by atoms with E-state index in [2.05, 4.69) is 5.32 Å². The number of nitrogens with one attached hydrogen (secondary N) is 1. The molecule has 1 saturated heterocycles. The van der Waals surface area contributed by atoms with E-state index in [0.717, 1.165) is 0 Å². The van der Waals surface area contributed by atoms with Gasteiger partial charge in [-0.3, -0.25) is 9.59 Å². The Morgan fingerprint density at radius 1 is 1.67 bits per heavy atom. The van der Waals surface area contributed by atoms with Crippen molar-refractivity contribution in [2.45, 2.75) is 26.4 Å². The van der Waals surface area contributed by atoms with Gasteiger partial charge < -0.3 is 10.1 Å². The van der Waals surface area contributed by atoms with Gasteiger partial charge in [0.2, 0.25) is 5.91 Å². The summed E-state index contributed by atoms with van der Waals surface area (Å²) in [5.41, 5.74) is 0. The molecule has 0 bridgehead atoms. The van der Waals surface area contributed by atoms with E-state index in [1.807, 2.05) is 0 Å². The summed E-state index contributed by atoms with van der Waals surface area (Å²) in [7, 11) is 0. The van der Waals surface area contributed by atoms with E-state index in [1.165, 1.54) is 0 Å². The number of esters is 1. The Morgan fingerprint density at radius 2 is 2.33 bits per heavy atom. The van der Waals surface area contributed by atoms with Crippen LogP contribution in [0.4, 0.5) is 0 Å². The molecule has 1 aliphatic rings. The van der Waals surface area contributed by atoms with Gasteiger partial charge in [0, 0.05) is 6.54 Å². The van der Waals surface area contributed by atoms with Crippen LogP contribution in [-0.2, 0) is 14.3 Å². The van der Waals surface area contributed by atoms with Crippen LogP contribution in [0.1, 0.15) is 20.3 Å². The van der Waals surface area contributed by atoms with Gasteiger partial charge in [-0.25, -0.2) is 0 Å². The Balaban J connectivity index is 2.46. The van der Waals surface area contributed by atoms with E-state index in [0.29, 0.717) is 13.0 Å². The number of amides is 1. The van der Waals surface area contributed by atoms with Gasteiger partial charge in [-0.15, -0.1) is 0 Å². The van der Waals surface area contributed by atoms with E-state index in [4.69, 9.17) is 4.74 Å². The molecule has 0 aliphatic carbocycles. The predicted molar refractivity (Wildman–Crippen MR) is 42.3 cm³/mol. The van der Waals surface area contributed by atoms with Gasteiger partial charge >= 0.3 is 5.97 Å². The number of hydrogen-bond acceptors (Lipinski definition) is 3. The molecular weight excluding hydrogens is 158 g/mol. The molecule has 4 heteroatoms. The number of carbonyl (C=O) groups is 2. The fraction of sp³-hybridized carbons (Fsp3) is 0.750. The maximum Gasteiger partial charge on any atom is 0.318 e. The molecule has 1 atom stereocenters. The molecule has 1 aliphatic heterocycles. The fourth-order valence-corrected chi connectivity index (χ4v) is 1.13. The van der Waals surface area contributed by atoms with Crippen molar-refractivity contribution in [3.63, 3.8) is 0 Å². The van der Waals surface area contributed by atoms with Gasteiger partial charge in [-0.2, -0.15) is 0 Å². The first-order valence-corrected chi connectivity index (χ1v) is 4.09. The van der Waals surface area contributed by atoms with Gasteiger partial charge in [-0.05, 0) is 20.3 Å². The van der Waals surface area contributed by atoms with E-state index in [9.17, 15) is 9.59 Å². The van der Waals surface area contributed by atoms with E-state index < -0.39 is 11.9 Å². The lowest BCUT2D eigenvalue weighted by molar-refractivity contribution is -0.154. The second kappa shape index (κ2) is 3.56. The highest BCUT2D eigenvalue weighted by molar-refractivity contribution is 5.99. The maximum absolute atomic E-state index is 11.2. The smallest absolute Gasteiger partial charge is 0.318 e. The van der Waals surface area contributed by atoms with Crippen LogP contribution >= 0.6 is 0 Å². The van der Waals surface area contributed by atoms with E-state index in [1.54, 1.807) is 13.8 Å². The average molecular weight is 171 g/mol. The lowest BCUT2D eigenvalue weighted by atomic mass is 10.1. The first kappa shape index (κ1) is 9.03. The maximum atomic E-state index is 11.2. The van der Waals surface area contributed by atoms with Gasteiger partial charge in [0.15, 0.2) is 0 Å². The molecule has 1 N–H and O–H groups in total. The van der Waals surface area contributed by atoms with Crippen molar-refractivity contribution in [1.82, 2.24) is 5.32 Å². The summed E-state index contributed by atoms with van der Waals surface area (Å²) in [6.45, 7) is 4.12. The standard InChI is InChI=1S/C8H13NO3/c1-5(2)12-8(11)6-3-4-9-7(6)10/h5-6H,3-4H2,1-2H3,(H,9,10). The molecule has 1 unspecified atom stereocenters. The molecule has 1 amide bonds. The van der Waals surface area contributed by atoms with Gasteiger partial charge in [0.25, 0.3) is 0 Å². The van der Waals surface area contributed by atoms with Crippen LogP contribution in [0.25, 0.3) is 0 Å². The van der Waals surface area contributed by atoms with Crippen molar-refractivity contribution in [2.24, 2.45) is 5.92 Å². The highest BCUT2D eigenvalue weighted by Gasteiger charge is 2.32. The molecule has 0 saturated carbocycles. The Bertz CT molecular complexity index is 200. The third kappa shape index (κ3) is 1.96. The lowest BCUT2D eigenvalue weighted by Crippen LogP contribution is -2.28. The monoisotopic (exact) mass is 171 g/mol. The highest BCUT2D eigenvalue weighted by Crippen LogP contribution is 2.11. The van der Waals surface area contributed by atoms with Gasteiger partial charge in [0.05, 0.1) is 6.10 Å². The Morgan fingerprint density at radius 3 is 2.75 bits per heavy atom. The lowest BCUT2D eigenvalue weighted by Gasteiger charge is -2.10. The van der Waals surface area contributed by atoms with Crippen LogP contribution in [0, 0.1) is 5.92 Å². The number of hydrogen-bond donors (Lipinski definition) is 1. The number of rotatable bonds is 2. The Kier molecular flexibility index (Phi) is 2.68. The first-order chi connectivity index (χ1) is 5.61. The second-order valence-corrected chi connectivity index (χ2v) is 3.12. The average Bonchev–Trinajstić information content (AvgIpc) is 2.33. The second-order valence-electron chi connectivity index (χ2n) is 3.12. The van der Waals surface area contributed by atoms with Gasteiger partial charge in [0.1, 0.15) is 5.92 Å². The normalized spacial score (nSPS) is 22.6. The predicted octanol–water partition coefficient (Wildman–Crippen LogP) is 0.0741. The van der Waals surface area contributed by atoms with Crippen molar-refractivity contribution >= 4 is 11.9 Å². The van der Waals surface area contributed by atoms with Crippen molar-refractivity contribution in [3.05, 3.63) is 0 Å². The molecule has 0 spiro atoms. The summed E-state index contributed by atoms with van der Waals surface area (Å²) in [4.78, 5) is 22.2. The van der Waals surface area contributed by atoms with Crippen LogP contribution < -0.4 is 5.32 Å². The molecule has 1 fully saturated rings. The minimum atomic E-state index is -0.576. The van der Waals surface area contributed by atoms with E-state index >= 15 is 0 Å². The number of ether oxygens (including phenoxy) is 1. The SMILES string of the molecule is CC(C)OC(=O)C1CCNC1=O. The summed E-state index contributed by atoms with van der Waals surface area (Å²) in [6, 6.07) is 0. The van der Waals surface area contributed by atoms with Crippen molar-refractivity contribution in [1.29, 1.82) is 0 Å². The van der Waals surface area contributed by atoms with Crippen LogP contribution in [0.15, 0.2) is 0 Å². The minimum absolute atomic E-state index is 0.147. The van der Waals surface area contributed by atoms with Crippen molar-refractivity contribution < 1.29 is 14.3 Å². The zero-order valence-electron chi connectivity index (χ0n) is 7.29. The van der Waals surface area contributed by atoms with Crippen molar-refractivity contribution in [3.8, 4) is 0 Å². The molecule has 1 heterocycles. The molecular formula is C8H13NO3. The first-order valence-electron chi connectivity index (χ1n) is 4.09. The molecule has 68 valence electrons. The molecule has 0 radical (unpaired) electrons. The highest BCUT2D eigenvalue weighted by atomic mass is 16.5. The van der Waals surface area contributed by atoms with Crippen LogP contribution in [0.3, 0.4) is 0 Å². The summed E-state index contributed by atoms with van der Waals surface area (Å²) in [5.74, 6) is -1.19. The van der Waals surface area contributed by atoms with Crippen molar-refractivity contribution in [2.75, 3.05) is 6.54 Å². The molecule has 0 aromatic heterocycles. The minimum Gasteiger partial charge on any atom is -0.462 e. The summed E-state index contributed by atoms with van der Waals surface area (Å²) < 4.78 is 4.90. The Hall–Kier alpha value is -1.06. The molecule has 0 aromatic carbocycles. The summed E-state index contributed by atoms with van der Waals surface area (Å²) >= 11 is 0. The molecule has 12 heavy (non-hydrogen) atoms. The third-order valence-electron chi connectivity index (χ3n) is 1.69. The largest absolute Gasteiger partial charge is 0.462 e. The fourth-order valence-electron chi connectivity index (χ4n) is 1.13. The molecule has 4 nitrogen and oxygen atoms in total. The third-order valence-corrected chi connectivity index (χ3v) is 1.69. The van der Waals surface area contributed by atoms with Crippen LogP contribution in [0.2, 0.25) is 0 Å². The Labute approximate surface area is 71.3 Å². The summed E-state index contributed by atoms with van der Waals surface area (Å²) in [6.07, 6.45) is 0.413. The number of carbonyl (C=O) groups excluding carboxylic acids is 2. The van der Waals surface area contributed by atoms with E-state index in [-0.39, 0.29) is 12.0 Å². The quantitative estimate of drug-likeness (QED) is 0.472. The zero-order chi connectivity index (χ0) is 9.14. The summed E-state index contributed by atoms with van der Waals surface area (Å²) in [5, 5.41) is 2.58.